The fraction of sp³-hybridized carbons (Fsp3) is 0.875. The monoisotopic (exact) mass is 489 g/mol. The Hall–Kier alpha value is -0.640. The summed E-state index contributed by atoms with van der Waals surface area (Å²) in [6, 6.07) is 0. The fourth-order valence-electron chi connectivity index (χ4n) is 6.71. The number of hydrogen-bond acceptors (Lipinski definition) is 3. The van der Waals surface area contributed by atoms with Gasteiger partial charge in [-0.15, -0.1) is 0 Å². The Bertz CT molecular complexity index is 658. The smallest absolute Gasteiger partial charge is 0.0708 e. The van der Waals surface area contributed by atoms with Crippen LogP contribution in [0, 0.1) is 23.2 Å². The van der Waals surface area contributed by atoms with Crippen LogP contribution in [0.3, 0.4) is 0 Å². The van der Waals surface area contributed by atoms with Gasteiger partial charge in [-0.05, 0) is 93.9 Å². The minimum absolute atomic E-state index is 0.00589. The van der Waals surface area contributed by atoms with E-state index < -0.39 is 0 Å². The Balaban J connectivity index is 1.89. The number of ether oxygens (including phenoxy) is 1. The molecule has 0 aliphatic heterocycles. The molecule has 2 N–H and O–H groups in total. The number of hydrogen-bond donors (Lipinski definition) is 2. The molecule has 0 radical (unpaired) electrons. The average molecular weight is 490 g/mol. The molecule has 6 atom stereocenters. The van der Waals surface area contributed by atoms with Crippen molar-refractivity contribution in [2.45, 2.75) is 137 Å². The van der Waals surface area contributed by atoms with Gasteiger partial charge in [0.05, 0.1) is 18.3 Å². The molecule has 35 heavy (non-hydrogen) atoms. The Labute approximate surface area is 218 Å². The standard InChI is InChI=1S/C32H59NO2/c1-8-17-32(27(6)10-3,35-21-20-33-24-25(4)9-2)18-12-13-26(5)22-28-14-11-15-29-23-30(34)16-19-31(28,29)7/h15,25,27-28,30,33-34H,5,8-14,16-24H2,1-4,6-7H3/t25-,27?,28?,30?,31?,32?/m0/s1. The van der Waals surface area contributed by atoms with E-state index in [1.54, 1.807) is 0 Å². The summed E-state index contributed by atoms with van der Waals surface area (Å²) in [5.74, 6) is 1.99. The maximum Gasteiger partial charge on any atom is 0.0708 e. The fourth-order valence-corrected chi connectivity index (χ4v) is 6.71. The van der Waals surface area contributed by atoms with Crippen molar-refractivity contribution in [3.8, 4) is 0 Å². The van der Waals surface area contributed by atoms with Gasteiger partial charge in [0.25, 0.3) is 0 Å². The zero-order chi connectivity index (χ0) is 25.9. The molecule has 5 unspecified atom stereocenters. The summed E-state index contributed by atoms with van der Waals surface area (Å²) in [4.78, 5) is 0. The van der Waals surface area contributed by atoms with Crippen LogP contribution in [-0.2, 0) is 4.74 Å². The molecule has 3 nitrogen and oxygen atoms in total. The Morgan fingerprint density at radius 1 is 1.23 bits per heavy atom. The number of rotatable bonds is 17. The van der Waals surface area contributed by atoms with E-state index in [0.717, 1.165) is 70.6 Å². The van der Waals surface area contributed by atoms with Crippen molar-refractivity contribution >= 4 is 0 Å². The molecular formula is C32H59NO2. The van der Waals surface area contributed by atoms with Crippen molar-refractivity contribution in [2.24, 2.45) is 23.2 Å². The van der Waals surface area contributed by atoms with Crippen molar-refractivity contribution in [1.82, 2.24) is 5.32 Å². The Morgan fingerprint density at radius 3 is 2.69 bits per heavy atom. The highest BCUT2D eigenvalue weighted by atomic mass is 16.5. The van der Waals surface area contributed by atoms with Crippen LogP contribution < -0.4 is 5.32 Å². The van der Waals surface area contributed by atoms with Crippen molar-refractivity contribution < 1.29 is 9.84 Å². The van der Waals surface area contributed by atoms with Crippen LogP contribution >= 0.6 is 0 Å². The molecule has 2 aliphatic rings. The van der Waals surface area contributed by atoms with E-state index >= 15 is 0 Å². The number of aliphatic hydroxyl groups is 1. The third-order valence-corrected chi connectivity index (χ3v) is 9.70. The van der Waals surface area contributed by atoms with Crippen LogP contribution in [0.25, 0.3) is 0 Å². The second kappa shape index (κ2) is 14.9. The highest BCUT2D eigenvalue weighted by molar-refractivity contribution is 5.23. The first-order valence-corrected chi connectivity index (χ1v) is 15.1. The Morgan fingerprint density at radius 2 is 2.00 bits per heavy atom. The second-order valence-corrected chi connectivity index (χ2v) is 12.3. The van der Waals surface area contributed by atoms with Gasteiger partial charge in [0.2, 0.25) is 0 Å². The molecule has 0 aromatic heterocycles. The predicted molar refractivity (Wildman–Crippen MR) is 152 cm³/mol. The van der Waals surface area contributed by atoms with E-state index in [9.17, 15) is 5.11 Å². The van der Waals surface area contributed by atoms with Crippen molar-refractivity contribution in [3.63, 3.8) is 0 Å². The van der Waals surface area contributed by atoms with Gasteiger partial charge in [0, 0.05) is 6.54 Å². The van der Waals surface area contributed by atoms with Gasteiger partial charge in [-0.2, -0.15) is 0 Å². The molecule has 3 heteroatoms. The first-order valence-electron chi connectivity index (χ1n) is 15.1. The van der Waals surface area contributed by atoms with Gasteiger partial charge in [-0.25, -0.2) is 0 Å². The molecule has 0 aromatic rings. The molecule has 0 aromatic carbocycles. The Kier molecular flexibility index (Phi) is 13.1. The van der Waals surface area contributed by atoms with Crippen LogP contribution in [0.4, 0.5) is 0 Å². The van der Waals surface area contributed by atoms with E-state index in [4.69, 9.17) is 4.74 Å². The third kappa shape index (κ3) is 8.71. The average Bonchev–Trinajstić information content (AvgIpc) is 2.84. The number of allylic oxidation sites excluding steroid dienone is 2. The maximum atomic E-state index is 10.2. The van der Waals surface area contributed by atoms with Crippen LogP contribution in [-0.4, -0.2) is 36.5 Å². The van der Waals surface area contributed by atoms with Gasteiger partial charge in [-0.3, -0.25) is 0 Å². The van der Waals surface area contributed by atoms with Gasteiger partial charge in [0.15, 0.2) is 0 Å². The molecule has 0 bridgehead atoms. The molecule has 2 rings (SSSR count). The minimum atomic E-state index is -0.131. The molecule has 204 valence electrons. The maximum absolute atomic E-state index is 10.2. The topological polar surface area (TPSA) is 41.5 Å². The lowest BCUT2D eigenvalue weighted by Crippen LogP contribution is -2.41. The molecule has 1 saturated carbocycles. The van der Waals surface area contributed by atoms with Crippen LogP contribution in [0.5, 0.6) is 0 Å². The van der Waals surface area contributed by atoms with E-state index in [-0.39, 0.29) is 17.1 Å². The quantitative estimate of drug-likeness (QED) is 0.160. The largest absolute Gasteiger partial charge is 0.393 e. The van der Waals surface area contributed by atoms with Gasteiger partial charge in [0.1, 0.15) is 0 Å². The summed E-state index contributed by atoms with van der Waals surface area (Å²) >= 11 is 0. The summed E-state index contributed by atoms with van der Waals surface area (Å²) in [6.45, 7) is 21.4. The summed E-state index contributed by atoms with van der Waals surface area (Å²) in [5, 5.41) is 13.8. The van der Waals surface area contributed by atoms with Gasteiger partial charge < -0.3 is 15.2 Å². The summed E-state index contributed by atoms with van der Waals surface area (Å²) in [5.41, 5.74) is 3.21. The second-order valence-electron chi connectivity index (χ2n) is 12.3. The minimum Gasteiger partial charge on any atom is -0.393 e. The molecule has 1 fully saturated rings. The summed E-state index contributed by atoms with van der Waals surface area (Å²) in [6.07, 6.45) is 17.0. The lowest BCUT2D eigenvalue weighted by atomic mass is 9.58. The zero-order valence-electron chi connectivity index (χ0n) is 24.3. The summed E-state index contributed by atoms with van der Waals surface area (Å²) in [7, 11) is 0. The lowest BCUT2D eigenvalue weighted by molar-refractivity contribution is -0.0952. The van der Waals surface area contributed by atoms with Crippen molar-refractivity contribution in [2.75, 3.05) is 19.7 Å². The van der Waals surface area contributed by atoms with E-state index in [2.05, 4.69) is 59.5 Å². The molecule has 2 aliphatic carbocycles. The van der Waals surface area contributed by atoms with Crippen LogP contribution in [0.15, 0.2) is 23.8 Å². The molecule has 0 heterocycles. The molecule has 0 saturated heterocycles. The van der Waals surface area contributed by atoms with Crippen molar-refractivity contribution in [3.05, 3.63) is 23.8 Å². The number of nitrogens with one attached hydrogen (secondary N) is 1. The van der Waals surface area contributed by atoms with Crippen LogP contribution in [0.1, 0.15) is 125 Å². The van der Waals surface area contributed by atoms with Gasteiger partial charge in [-0.1, -0.05) is 84.6 Å². The normalized spacial score (nSPS) is 28.0. The molecular weight excluding hydrogens is 430 g/mol. The molecule has 0 spiro atoms. The van der Waals surface area contributed by atoms with Crippen LogP contribution in [0.2, 0.25) is 0 Å². The molecule has 0 amide bonds. The highest BCUT2D eigenvalue weighted by Crippen LogP contribution is 2.52. The predicted octanol–water partition coefficient (Wildman–Crippen LogP) is 8.23. The van der Waals surface area contributed by atoms with E-state index in [1.807, 2.05) is 0 Å². The zero-order valence-corrected chi connectivity index (χ0v) is 24.3. The third-order valence-electron chi connectivity index (χ3n) is 9.70. The number of aliphatic hydroxyl groups excluding tert-OH is 1. The van der Waals surface area contributed by atoms with E-state index in [0.29, 0.717) is 11.8 Å². The lowest BCUT2D eigenvalue weighted by Gasteiger charge is -2.47. The number of fused-ring (bicyclic) bond motifs is 1. The van der Waals surface area contributed by atoms with E-state index in [1.165, 1.54) is 49.7 Å². The summed E-state index contributed by atoms with van der Waals surface area (Å²) < 4.78 is 6.74. The SMILES string of the molecule is C=C(CCCC(CCC)(OCCNC[C@@H](C)CC)C(C)CC)CC1CCC=C2CC(O)CCC21C. The van der Waals surface area contributed by atoms with Crippen molar-refractivity contribution in [1.29, 1.82) is 0 Å². The van der Waals surface area contributed by atoms with Gasteiger partial charge >= 0.3 is 0 Å². The highest BCUT2D eigenvalue weighted by Gasteiger charge is 2.42. The first kappa shape index (κ1) is 30.6. The first-order chi connectivity index (χ1) is 16.7.